The van der Waals surface area contributed by atoms with Gasteiger partial charge in [0.1, 0.15) is 11.6 Å². The fourth-order valence-corrected chi connectivity index (χ4v) is 2.76. The number of methoxy groups -OCH3 is 1. The number of anilines is 2. The molecule has 24 heavy (non-hydrogen) atoms. The molecule has 0 spiro atoms. The van der Waals surface area contributed by atoms with Crippen LogP contribution in [0.15, 0.2) is 36.4 Å². The molecule has 0 amide bonds. The summed E-state index contributed by atoms with van der Waals surface area (Å²) in [6.07, 6.45) is -3.62. The first-order valence-electron chi connectivity index (χ1n) is 7.53. The molecule has 5 nitrogen and oxygen atoms in total. The zero-order chi connectivity index (χ0) is 17.2. The van der Waals surface area contributed by atoms with Crippen LogP contribution in [0.4, 0.5) is 24.7 Å². The smallest absolute Gasteiger partial charge is 0.435 e. The van der Waals surface area contributed by atoms with E-state index >= 15 is 0 Å². The number of halogens is 3. The van der Waals surface area contributed by atoms with Crippen LogP contribution in [0.5, 0.6) is 5.75 Å². The molecule has 0 saturated carbocycles. The maximum absolute atomic E-state index is 12.5. The minimum Gasteiger partial charge on any atom is -0.495 e. The predicted octanol–water partition coefficient (Wildman–Crippen LogP) is 3.19. The summed E-state index contributed by atoms with van der Waals surface area (Å²) in [4.78, 5) is 2.17. The van der Waals surface area contributed by atoms with Crippen molar-refractivity contribution < 1.29 is 17.9 Å². The van der Waals surface area contributed by atoms with Gasteiger partial charge in [-0.2, -0.15) is 13.2 Å². The minimum atomic E-state index is -4.47. The maximum Gasteiger partial charge on any atom is 0.435 e. The molecular formula is C16H17F3N4O. The molecule has 128 valence electrons. The number of nitrogens with one attached hydrogen (secondary N) is 1. The van der Waals surface area contributed by atoms with E-state index in [4.69, 9.17) is 4.74 Å². The number of aromatic nitrogens is 2. The van der Waals surface area contributed by atoms with Crippen molar-refractivity contribution in [3.05, 3.63) is 42.1 Å². The van der Waals surface area contributed by atoms with Gasteiger partial charge in [-0.1, -0.05) is 12.1 Å². The van der Waals surface area contributed by atoms with Gasteiger partial charge in [0.15, 0.2) is 5.69 Å². The van der Waals surface area contributed by atoms with Crippen molar-refractivity contribution in [2.24, 2.45) is 0 Å². The fourth-order valence-electron chi connectivity index (χ4n) is 2.76. The zero-order valence-corrected chi connectivity index (χ0v) is 13.0. The number of alkyl halides is 3. The van der Waals surface area contributed by atoms with Crippen LogP contribution < -0.4 is 15.0 Å². The van der Waals surface area contributed by atoms with E-state index in [1.54, 1.807) is 7.11 Å². The third-order valence-electron chi connectivity index (χ3n) is 3.92. The van der Waals surface area contributed by atoms with E-state index in [0.717, 1.165) is 30.5 Å². The summed E-state index contributed by atoms with van der Waals surface area (Å²) in [5.41, 5.74) is 0.0120. The van der Waals surface area contributed by atoms with Crippen molar-refractivity contribution in [1.82, 2.24) is 10.2 Å². The van der Waals surface area contributed by atoms with Gasteiger partial charge in [0, 0.05) is 19.1 Å². The molecule has 0 aliphatic carbocycles. The van der Waals surface area contributed by atoms with Gasteiger partial charge in [-0.15, -0.1) is 10.2 Å². The third-order valence-corrected chi connectivity index (χ3v) is 3.92. The van der Waals surface area contributed by atoms with Gasteiger partial charge < -0.3 is 15.0 Å². The van der Waals surface area contributed by atoms with Crippen LogP contribution in [0.2, 0.25) is 0 Å². The van der Waals surface area contributed by atoms with Gasteiger partial charge in [0.05, 0.1) is 12.8 Å². The van der Waals surface area contributed by atoms with E-state index in [-0.39, 0.29) is 6.04 Å². The number of rotatable bonds is 4. The summed E-state index contributed by atoms with van der Waals surface area (Å²) in [6, 6.07) is 10.1. The number of hydrogen-bond acceptors (Lipinski definition) is 5. The van der Waals surface area contributed by atoms with E-state index in [1.807, 2.05) is 24.3 Å². The minimum absolute atomic E-state index is 0.0842. The summed E-state index contributed by atoms with van der Waals surface area (Å²) < 4.78 is 42.8. The van der Waals surface area contributed by atoms with Crippen LogP contribution in [0.1, 0.15) is 12.1 Å². The topological polar surface area (TPSA) is 50.3 Å². The molecule has 1 aromatic carbocycles. The highest BCUT2D eigenvalue weighted by atomic mass is 19.4. The van der Waals surface area contributed by atoms with Gasteiger partial charge >= 0.3 is 6.18 Å². The molecule has 1 N–H and O–H groups in total. The first-order valence-corrected chi connectivity index (χ1v) is 7.53. The van der Waals surface area contributed by atoms with Gasteiger partial charge in [0.25, 0.3) is 0 Å². The second-order valence-corrected chi connectivity index (χ2v) is 5.55. The highest BCUT2D eigenvalue weighted by molar-refractivity contribution is 5.59. The van der Waals surface area contributed by atoms with Gasteiger partial charge in [-0.3, -0.25) is 0 Å². The number of hydrogen-bond donors (Lipinski definition) is 1. The number of para-hydroxylation sites is 2. The van der Waals surface area contributed by atoms with Crippen molar-refractivity contribution in [2.75, 3.05) is 30.4 Å². The molecule has 8 heteroatoms. The molecule has 1 aromatic heterocycles. The Morgan fingerprint density at radius 2 is 1.96 bits per heavy atom. The molecule has 0 radical (unpaired) electrons. The Morgan fingerprint density at radius 3 is 2.62 bits per heavy atom. The Kier molecular flexibility index (Phi) is 4.46. The van der Waals surface area contributed by atoms with E-state index in [0.29, 0.717) is 12.4 Å². The van der Waals surface area contributed by atoms with Crippen molar-refractivity contribution in [1.29, 1.82) is 0 Å². The lowest BCUT2D eigenvalue weighted by molar-refractivity contribution is -0.141. The second kappa shape index (κ2) is 6.54. The Bertz CT molecular complexity index is 690. The van der Waals surface area contributed by atoms with E-state index in [1.165, 1.54) is 6.07 Å². The average molecular weight is 338 g/mol. The molecule has 1 aliphatic rings. The lowest BCUT2D eigenvalue weighted by Crippen LogP contribution is -2.26. The highest BCUT2D eigenvalue weighted by Gasteiger charge is 2.33. The Morgan fingerprint density at radius 1 is 1.17 bits per heavy atom. The lowest BCUT2D eigenvalue weighted by Gasteiger charge is -2.21. The van der Waals surface area contributed by atoms with Gasteiger partial charge in [0.2, 0.25) is 0 Å². The quantitative estimate of drug-likeness (QED) is 0.928. The molecule has 3 rings (SSSR count). The molecule has 0 bridgehead atoms. The van der Waals surface area contributed by atoms with E-state index in [9.17, 15) is 13.2 Å². The van der Waals surface area contributed by atoms with Crippen molar-refractivity contribution in [2.45, 2.75) is 18.6 Å². The molecule has 1 fully saturated rings. The molecule has 1 unspecified atom stereocenters. The zero-order valence-electron chi connectivity index (χ0n) is 13.0. The summed E-state index contributed by atoms with van der Waals surface area (Å²) in [5, 5.41) is 9.97. The predicted molar refractivity (Wildman–Crippen MR) is 84.3 cm³/mol. The largest absolute Gasteiger partial charge is 0.495 e. The number of benzene rings is 1. The standard InChI is InChI=1S/C16H17F3N4O/c1-24-13-5-3-2-4-12(13)23-9-8-11(10-23)20-15-7-6-14(21-22-15)16(17,18)19/h2-7,11H,8-10H2,1H3,(H,20,22). The fraction of sp³-hybridized carbons (Fsp3) is 0.375. The highest BCUT2D eigenvalue weighted by Crippen LogP contribution is 2.31. The molecule has 1 saturated heterocycles. The summed E-state index contributed by atoms with van der Waals surface area (Å²) >= 11 is 0. The molecule has 1 atom stereocenters. The van der Waals surface area contributed by atoms with Crippen LogP contribution >= 0.6 is 0 Å². The molecule has 2 aromatic rings. The second-order valence-electron chi connectivity index (χ2n) is 5.55. The number of nitrogens with zero attached hydrogens (tertiary/aromatic N) is 3. The third kappa shape index (κ3) is 3.52. The first-order chi connectivity index (χ1) is 11.5. The van der Waals surface area contributed by atoms with Crippen molar-refractivity contribution in [3.63, 3.8) is 0 Å². The monoisotopic (exact) mass is 338 g/mol. The number of ether oxygens (including phenoxy) is 1. The summed E-state index contributed by atoms with van der Waals surface area (Å²) in [7, 11) is 1.63. The molecule has 2 heterocycles. The Labute approximate surface area is 137 Å². The van der Waals surface area contributed by atoms with Crippen LogP contribution in [0.3, 0.4) is 0 Å². The first kappa shape index (κ1) is 16.4. The lowest BCUT2D eigenvalue weighted by atomic mass is 10.2. The summed E-state index contributed by atoms with van der Waals surface area (Å²) in [5.74, 6) is 1.14. The van der Waals surface area contributed by atoms with Crippen LogP contribution in [-0.4, -0.2) is 36.4 Å². The van der Waals surface area contributed by atoms with E-state index in [2.05, 4.69) is 20.4 Å². The Balaban J connectivity index is 1.64. The van der Waals surface area contributed by atoms with Crippen LogP contribution in [0.25, 0.3) is 0 Å². The Hall–Kier alpha value is -2.51. The average Bonchev–Trinajstić information content (AvgIpc) is 3.03. The van der Waals surface area contributed by atoms with Crippen LogP contribution in [0, 0.1) is 0 Å². The van der Waals surface area contributed by atoms with Gasteiger partial charge in [-0.05, 0) is 30.7 Å². The van der Waals surface area contributed by atoms with Gasteiger partial charge in [-0.25, -0.2) is 0 Å². The molecule has 1 aliphatic heterocycles. The normalized spacial score (nSPS) is 17.8. The van der Waals surface area contributed by atoms with Crippen molar-refractivity contribution in [3.8, 4) is 5.75 Å². The maximum atomic E-state index is 12.5. The SMILES string of the molecule is COc1ccccc1N1CCC(Nc2ccc(C(F)(F)F)nn2)C1. The summed E-state index contributed by atoms with van der Waals surface area (Å²) in [6.45, 7) is 1.54. The van der Waals surface area contributed by atoms with E-state index < -0.39 is 11.9 Å². The molecular weight excluding hydrogens is 321 g/mol. The van der Waals surface area contributed by atoms with Crippen molar-refractivity contribution >= 4 is 11.5 Å². The van der Waals surface area contributed by atoms with Crippen LogP contribution in [-0.2, 0) is 6.18 Å².